The summed E-state index contributed by atoms with van der Waals surface area (Å²) < 4.78 is 3.77. The predicted octanol–water partition coefficient (Wildman–Crippen LogP) is 3.99. The van der Waals surface area contributed by atoms with Gasteiger partial charge in [-0.3, -0.25) is 14.6 Å². The monoisotopic (exact) mass is 570 g/mol. The predicted molar refractivity (Wildman–Crippen MR) is 167 cm³/mol. The van der Waals surface area contributed by atoms with Crippen molar-refractivity contribution in [1.82, 2.24) is 49.3 Å². The topological polar surface area (TPSA) is 192 Å². The van der Waals surface area contributed by atoms with Gasteiger partial charge in [0, 0.05) is 30.4 Å². The summed E-state index contributed by atoms with van der Waals surface area (Å²) in [5.74, 6) is 1.09. The first-order valence-electron chi connectivity index (χ1n) is 12.0. The number of nitrogens with zero attached hydrogens (tertiary/aromatic N) is 8. The number of hydrogen-bond acceptors (Lipinski definition) is 10. The molecule has 0 aromatic carbocycles. The number of H-pyrrole nitrogens is 1. The van der Waals surface area contributed by atoms with E-state index in [2.05, 4.69) is 55.6 Å². The maximum Gasteiger partial charge on any atom is 0.280 e. The quantitative estimate of drug-likeness (QED) is 0.280. The van der Waals surface area contributed by atoms with Crippen LogP contribution in [-0.2, 0) is 4.79 Å². The van der Waals surface area contributed by atoms with Gasteiger partial charge in [0.25, 0.3) is 11.5 Å². The Morgan fingerprint density at radius 1 is 0.805 bits per heavy atom. The fourth-order valence-electron chi connectivity index (χ4n) is 3.54. The molecule has 14 nitrogen and oxygen atoms in total. The number of imidazole rings is 2. The molecule has 4 aromatic heterocycles. The normalized spacial score (nSPS) is 12.2. The minimum atomic E-state index is -0.299. The molecule has 0 saturated heterocycles. The Hall–Kier alpha value is -4.75. The Labute approximate surface area is 241 Å². The molecule has 226 valence electrons. The zero-order chi connectivity index (χ0) is 28.1. The summed E-state index contributed by atoms with van der Waals surface area (Å²) in [4.78, 5) is 46.6. The summed E-state index contributed by atoms with van der Waals surface area (Å²) in [6.45, 7) is 15.9. The fourth-order valence-corrected chi connectivity index (χ4v) is 3.54. The molecule has 1 aliphatic rings. The number of amides is 1. The van der Waals surface area contributed by atoms with Crippen LogP contribution in [0.5, 0.6) is 0 Å². The molecule has 1 aliphatic heterocycles. The molecule has 1 amide bonds. The van der Waals surface area contributed by atoms with Crippen molar-refractivity contribution in [3.05, 3.63) is 54.0 Å². The van der Waals surface area contributed by atoms with E-state index in [1.54, 1.807) is 23.4 Å². The number of aromatic amines is 1. The van der Waals surface area contributed by atoms with Crippen molar-refractivity contribution >= 4 is 40.0 Å². The molecule has 4 aromatic rings. The van der Waals surface area contributed by atoms with Crippen LogP contribution in [0.2, 0.25) is 0 Å². The third-order valence-electron chi connectivity index (χ3n) is 5.47. The zero-order valence-corrected chi connectivity index (χ0v) is 22.4. The molecule has 5 heterocycles. The number of carbonyl (C=O) groups excluding carboxylic acids is 1. The van der Waals surface area contributed by atoms with Gasteiger partial charge in [0.05, 0.1) is 12.7 Å². The lowest BCUT2D eigenvalue weighted by Crippen LogP contribution is -2.38. The van der Waals surface area contributed by atoms with Crippen molar-refractivity contribution in [2.24, 2.45) is 0 Å². The van der Waals surface area contributed by atoms with Crippen molar-refractivity contribution in [3.63, 3.8) is 0 Å². The molecule has 0 spiro atoms. The Balaban J connectivity index is 0.000000569. The SMILES string of the molecule is C.C.C.C=C1NC(=O)C=CN1C(C)C.CC(C)n1cnc2c(=O)[nH]c(N)nc21.CC(C)n1cnc2c(N)ncnc21. The van der Waals surface area contributed by atoms with Crippen LogP contribution in [-0.4, -0.2) is 55.9 Å². The molecule has 5 rings (SSSR count). The zero-order valence-electron chi connectivity index (χ0n) is 22.4. The third kappa shape index (κ3) is 8.37. The van der Waals surface area contributed by atoms with Crippen LogP contribution < -0.4 is 22.3 Å². The molecule has 0 aliphatic carbocycles. The van der Waals surface area contributed by atoms with E-state index in [0.29, 0.717) is 40.4 Å². The van der Waals surface area contributed by atoms with Crippen LogP contribution in [0.3, 0.4) is 0 Å². The average molecular weight is 571 g/mol. The Morgan fingerprint density at radius 2 is 1.37 bits per heavy atom. The largest absolute Gasteiger partial charge is 0.382 e. The highest BCUT2D eigenvalue weighted by Gasteiger charge is 2.14. The van der Waals surface area contributed by atoms with Crippen LogP contribution in [0.1, 0.15) is 75.9 Å². The van der Waals surface area contributed by atoms with E-state index in [9.17, 15) is 9.59 Å². The molecular weight excluding hydrogens is 524 g/mol. The van der Waals surface area contributed by atoms with E-state index in [1.165, 1.54) is 12.4 Å². The van der Waals surface area contributed by atoms with Gasteiger partial charge in [-0.15, -0.1) is 0 Å². The van der Waals surface area contributed by atoms with E-state index in [1.807, 2.05) is 37.2 Å². The summed E-state index contributed by atoms with van der Waals surface area (Å²) in [6.07, 6.45) is 8.02. The second-order valence-electron chi connectivity index (χ2n) is 9.30. The van der Waals surface area contributed by atoms with Crippen LogP contribution in [0.15, 0.2) is 48.5 Å². The number of rotatable bonds is 3. The number of fused-ring (bicyclic) bond motifs is 2. The van der Waals surface area contributed by atoms with Crippen molar-refractivity contribution in [2.75, 3.05) is 11.5 Å². The minimum Gasteiger partial charge on any atom is -0.382 e. The summed E-state index contributed by atoms with van der Waals surface area (Å²) in [5, 5.41) is 2.62. The van der Waals surface area contributed by atoms with Gasteiger partial charge >= 0.3 is 0 Å². The Kier molecular flexibility index (Phi) is 13.4. The second kappa shape index (κ2) is 15.1. The van der Waals surface area contributed by atoms with Crippen LogP contribution >= 0.6 is 0 Å². The van der Waals surface area contributed by atoms with Gasteiger partial charge in [0.2, 0.25) is 5.95 Å². The lowest BCUT2D eigenvalue weighted by atomic mass is 10.3. The van der Waals surface area contributed by atoms with Crippen molar-refractivity contribution in [3.8, 4) is 0 Å². The molecule has 41 heavy (non-hydrogen) atoms. The van der Waals surface area contributed by atoms with Gasteiger partial charge < -0.3 is 30.8 Å². The molecular formula is C27H46N12O2. The first-order chi connectivity index (χ1) is 17.9. The highest BCUT2D eigenvalue weighted by atomic mass is 16.1. The summed E-state index contributed by atoms with van der Waals surface area (Å²) in [7, 11) is 0. The van der Waals surface area contributed by atoms with E-state index in [-0.39, 0.29) is 45.7 Å². The van der Waals surface area contributed by atoms with E-state index < -0.39 is 0 Å². The molecule has 0 saturated carbocycles. The maximum atomic E-state index is 11.4. The number of nitrogens with two attached hydrogens (primary N) is 2. The average Bonchev–Trinajstić information content (AvgIpc) is 3.45. The molecule has 0 fully saturated rings. The van der Waals surface area contributed by atoms with Gasteiger partial charge in [0.15, 0.2) is 22.6 Å². The lowest BCUT2D eigenvalue weighted by molar-refractivity contribution is -0.116. The van der Waals surface area contributed by atoms with E-state index in [4.69, 9.17) is 11.5 Å². The van der Waals surface area contributed by atoms with Gasteiger partial charge in [-0.1, -0.05) is 28.9 Å². The van der Waals surface area contributed by atoms with Crippen LogP contribution in [0.25, 0.3) is 22.3 Å². The molecule has 0 unspecified atom stereocenters. The van der Waals surface area contributed by atoms with Crippen molar-refractivity contribution in [2.45, 2.75) is 81.9 Å². The maximum absolute atomic E-state index is 11.4. The summed E-state index contributed by atoms with van der Waals surface area (Å²) >= 11 is 0. The smallest absolute Gasteiger partial charge is 0.280 e. The number of nitrogen functional groups attached to an aromatic ring is 2. The number of anilines is 2. The summed E-state index contributed by atoms with van der Waals surface area (Å²) in [5.41, 5.74) is 13.1. The van der Waals surface area contributed by atoms with Crippen molar-refractivity contribution < 1.29 is 4.79 Å². The van der Waals surface area contributed by atoms with Gasteiger partial charge in [0.1, 0.15) is 17.7 Å². The van der Waals surface area contributed by atoms with Crippen LogP contribution in [0.4, 0.5) is 11.8 Å². The van der Waals surface area contributed by atoms with E-state index in [0.717, 1.165) is 5.65 Å². The van der Waals surface area contributed by atoms with Gasteiger partial charge in [-0.25, -0.2) is 19.9 Å². The number of hydrogen-bond donors (Lipinski definition) is 4. The molecule has 0 atom stereocenters. The second-order valence-corrected chi connectivity index (χ2v) is 9.30. The van der Waals surface area contributed by atoms with Crippen LogP contribution in [0, 0.1) is 0 Å². The standard InChI is InChI=1S/C8H11N5O.C8H11N5.C8H12N2O.3CH4/c1-4(2)13-3-10-5-6(13)11-8(9)12-7(5)14;1-5(2)13-4-12-6-7(9)10-3-11-8(6)13;1-6(2)10-5-4-8(11)9-7(10)3;;;/h3-4H,1-2H3,(H3,9,11,12,14);3-5H,1-2H3,(H2,9,10,11);4-6H,3H2,1-2H3,(H,9,11);3*1H4. The Bertz CT molecular complexity index is 1530. The number of nitrogens with one attached hydrogen (secondary N) is 2. The molecule has 14 heteroatoms. The third-order valence-corrected chi connectivity index (χ3v) is 5.47. The van der Waals surface area contributed by atoms with Gasteiger partial charge in [-0.05, 0) is 41.5 Å². The molecule has 0 radical (unpaired) electrons. The molecule has 6 N–H and O–H groups in total. The number of aromatic nitrogens is 8. The van der Waals surface area contributed by atoms with E-state index >= 15 is 0 Å². The molecule has 0 bridgehead atoms. The first kappa shape index (κ1) is 36.2. The first-order valence-corrected chi connectivity index (χ1v) is 12.0. The number of carbonyl (C=O) groups is 1. The highest BCUT2D eigenvalue weighted by Crippen LogP contribution is 2.17. The Morgan fingerprint density at radius 3 is 1.90 bits per heavy atom. The van der Waals surface area contributed by atoms with Gasteiger partial charge in [-0.2, -0.15) is 4.98 Å². The lowest BCUT2D eigenvalue weighted by Gasteiger charge is -2.29. The summed E-state index contributed by atoms with van der Waals surface area (Å²) in [6, 6.07) is 0.868. The fraction of sp³-hybridized carbons (Fsp3) is 0.444. The highest BCUT2D eigenvalue weighted by molar-refractivity contribution is 5.89. The minimum absolute atomic E-state index is 0. The van der Waals surface area contributed by atoms with Crippen molar-refractivity contribution in [1.29, 1.82) is 0 Å².